The molecule has 10 rings (SSSR count). The van der Waals surface area contributed by atoms with E-state index in [4.69, 9.17) is 0 Å². The molecule has 0 aliphatic heterocycles. The maximum atomic E-state index is 2.71. The Morgan fingerprint density at radius 1 is 0.475 bits per heavy atom. The van der Waals surface area contributed by atoms with E-state index < -0.39 is 0 Å². The maximum absolute atomic E-state index is 2.71. The SMILES string of the molecule is CCc1ccc(C23CC4CC(C2)CC(C25CC6CC(CC(c7ccc(CC)c(CC)c7)(C6)C2)C5)(C4)C3)cc1CC. The molecule has 0 spiro atoms. The zero-order valence-corrected chi connectivity index (χ0v) is 26.1. The number of hydrogen-bond acceptors (Lipinski definition) is 0. The van der Waals surface area contributed by atoms with Gasteiger partial charge in [-0.3, -0.25) is 0 Å². The van der Waals surface area contributed by atoms with Crippen LogP contribution in [0.5, 0.6) is 0 Å². The van der Waals surface area contributed by atoms with Gasteiger partial charge in [0.2, 0.25) is 0 Å². The summed E-state index contributed by atoms with van der Waals surface area (Å²) in [6.07, 6.45) is 23.1. The molecule has 0 radical (unpaired) electrons. The van der Waals surface area contributed by atoms with Gasteiger partial charge >= 0.3 is 0 Å². The van der Waals surface area contributed by atoms with Gasteiger partial charge < -0.3 is 0 Å². The quantitative estimate of drug-likeness (QED) is 0.331. The highest BCUT2D eigenvalue weighted by Gasteiger charge is 2.70. The minimum atomic E-state index is 0.467. The molecule has 214 valence electrons. The van der Waals surface area contributed by atoms with Crippen LogP contribution in [0.25, 0.3) is 0 Å². The first kappa shape index (κ1) is 26.1. The summed E-state index contributed by atoms with van der Waals surface area (Å²) in [4.78, 5) is 0. The summed E-state index contributed by atoms with van der Waals surface area (Å²) in [7, 11) is 0. The molecular weight excluding hydrogens is 480 g/mol. The van der Waals surface area contributed by atoms with Gasteiger partial charge in [0.25, 0.3) is 0 Å². The molecule has 4 atom stereocenters. The Labute approximate surface area is 245 Å². The second-order valence-electron chi connectivity index (χ2n) is 16.4. The molecule has 0 N–H and O–H groups in total. The minimum absolute atomic E-state index is 0.467. The summed E-state index contributed by atoms with van der Waals surface area (Å²) in [5.74, 6) is 3.93. The van der Waals surface area contributed by atoms with Crippen LogP contribution in [0.4, 0.5) is 0 Å². The molecule has 0 heterocycles. The van der Waals surface area contributed by atoms with E-state index in [1.165, 1.54) is 64.2 Å². The summed E-state index contributed by atoms with van der Waals surface area (Å²) in [6, 6.07) is 15.7. The first-order valence-electron chi connectivity index (χ1n) is 17.6. The predicted octanol–water partition coefficient (Wildman–Crippen LogP) is 10.3. The van der Waals surface area contributed by atoms with Crippen LogP contribution < -0.4 is 0 Å². The van der Waals surface area contributed by atoms with Gasteiger partial charge in [0.15, 0.2) is 0 Å². The Balaban J connectivity index is 1.21. The number of hydrogen-bond donors (Lipinski definition) is 0. The lowest BCUT2D eigenvalue weighted by Gasteiger charge is -2.74. The third kappa shape index (κ3) is 3.56. The zero-order chi connectivity index (χ0) is 27.3. The fraction of sp³-hybridized carbons (Fsp3) is 0.700. The summed E-state index contributed by atoms with van der Waals surface area (Å²) in [6.45, 7) is 9.45. The lowest BCUT2D eigenvalue weighted by Crippen LogP contribution is -2.66. The van der Waals surface area contributed by atoms with E-state index in [9.17, 15) is 0 Å². The standard InChI is InChI=1S/C40H54/c1-5-31-9-11-35(15-33(31)7-3)37-17-27-13-28(18-37)22-39(21-27,25-37)40-23-29-14-30(24-40)20-38(19-29,26-40)36-12-10-32(6-2)34(8-4)16-36/h9-12,15-16,27-30H,5-8,13-14,17-26H2,1-4H3. The van der Waals surface area contributed by atoms with Gasteiger partial charge in [0.05, 0.1) is 0 Å². The topological polar surface area (TPSA) is 0 Å². The molecule has 0 saturated heterocycles. The second kappa shape index (κ2) is 8.97. The summed E-state index contributed by atoms with van der Waals surface area (Å²) >= 11 is 0. The zero-order valence-electron chi connectivity index (χ0n) is 26.1. The molecule has 2 aromatic rings. The molecular formula is C40H54. The first-order valence-corrected chi connectivity index (χ1v) is 17.6. The summed E-state index contributed by atoms with van der Waals surface area (Å²) in [5, 5.41) is 0. The molecule has 0 heteroatoms. The van der Waals surface area contributed by atoms with Crippen LogP contribution in [0.1, 0.15) is 138 Å². The van der Waals surface area contributed by atoms with E-state index in [1.54, 1.807) is 71.9 Å². The smallest absolute Gasteiger partial charge is 0.00361 e. The van der Waals surface area contributed by atoms with E-state index >= 15 is 0 Å². The van der Waals surface area contributed by atoms with Gasteiger partial charge in [-0.05, 0) is 181 Å². The summed E-state index contributed by atoms with van der Waals surface area (Å²) < 4.78 is 0. The minimum Gasteiger partial charge on any atom is -0.0613 e. The second-order valence-corrected chi connectivity index (χ2v) is 16.4. The number of aryl methyl sites for hydroxylation is 4. The number of rotatable bonds is 7. The summed E-state index contributed by atoms with van der Waals surface area (Å²) in [5.41, 5.74) is 12.1. The fourth-order valence-corrected chi connectivity index (χ4v) is 13.7. The lowest BCUT2D eigenvalue weighted by atomic mass is 9.30. The monoisotopic (exact) mass is 534 g/mol. The van der Waals surface area contributed by atoms with E-state index in [-0.39, 0.29) is 0 Å². The number of benzene rings is 2. The van der Waals surface area contributed by atoms with Crippen molar-refractivity contribution >= 4 is 0 Å². The van der Waals surface area contributed by atoms with Crippen molar-refractivity contribution in [3.8, 4) is 0 Å². The van der Waals surface area contributed by atoms with E-state index in [0.717, 1.165) is 23.7 Å². The molecule has 8 aliphatic carbocycles. The molecule has 2 aromatic carbocycles. The average Bonchev–Trinajstić information content (AvgIpc) is 2.95. The molecule has 8 saturated carbocycles. The fourth-order valence-electron chi connectivity index (χ4n) is 13.7. The molecule has 4 unspecified atom stereocenters. The van der Waals surface area contributed by atoms with Gasteiger partial charge in [0.1, 0.15) is 0 Å². The van der Waals surface area contributed by atoms with E-state index in [1.807, 2.05) is 0 Å². The van der Waals surface area contributed by atoms with Crippen LogP contribution in [-0.4, -0.2) is 0 Å². The Morgan fingerprint density at radius 2 is 0.825 bits per heavy atom. The van der Waals surface area contributed by atoms with Gasteiger partial charge in [0, 0.05) is 0 Å². The highest BCUT2D eigenvalue weighted by molar-refractivity contribution is 5.41. The van der Waals surface area contributed by atoms with Crippen molar-refractivity contribution in [3.63, 3.8) is 0 Å². The van der Waals surface area contributed by atoms with Crippen LogP contribution in [0, 0.1) is 34.5 Å². The van der Waals surface area contributed by atoms with Gasteiger partial charge in [-0.1, -0.05) is 64.1 Å². The Morgan fingerprint density at radius 3 is 1.15 bits per heavy atom. The lowest BCUT2D eigenvalue weighted by molar-refractivity contribution is -0.212. The molecule has 40 heavy (non-hydrogen) atoms. The molecule has 8 bridgehead atoms. The van der Waals surface area contributed by atoms with Crippen molar-refractivity contribution in [2.45, 2.75) is 141 Å². The van der Waals surface area contributed by atoms with Crippen molar-refractivity contribution in [1.29, 1.82) is 0 Å². The Hall–Kier alpha value is -1.56. The Bertz CT molecular complexity index is 1180. The normalized spacial score (nSPS) is 42.6. The van der Waals surface area contributed by atoms with Gasteiger partial charge in [-0.2, -0.15) is 0 Å². The van der Waals surface area contributed by atoms with E-state index in [2.05, 4.69) is 64.1 Å². The van der Waals surface area contributed by atoms with Crippen molar-refractivity contribution in [3.05, 3.63) is 69.8 Å². The van der Waals surface area contributed by atoms with Crippen LogP contribution in [-0.2, 0) is 36.5 Å². The highest BCUT2D eigenvalue weighted by atomic mass is 14.7. The first-order chi connectivity index (χ1) is 19.4. The van der Waals surface area contributed by atoms with Gasteiger partial charge in [-0.15, -0.1) is 0 Å². The van der Waals surface area contributed by atoms with Crippen molar-refractivity contribution in [2.24, 2.45) is 34.5 Å². The highest BCUT2D eigenvalue weighted by Crippen LogP contribution is 2.78. The van der Waals surface area contributed by atoms with Crippen LogP contribution in [0.2, 0.25) is 0 Å². The largest absolute Gasteiger partial charge is 0.0613 e. The molecule has 0 amide bonds. The maximum Gasteiger partial charge on any atom is -0.00361 e. The molecule has 8 aliphatic rings. The van der Waals surface area contributed by atoms with Crippen LogP contribution in [0.15, 0.2) is 36.4 Å². The molecule has 0 nitrogen and oxygen atoms in total. The van der Waals surface area contributed by atoms with E-state index in [0.29, 0.717) is 21.7 Å². The third-order valence-electron chi connectivity index (χ3n) is 14.4. The predicted molar refractivity (Wildman–Crippen MR) is 168 cm³/mol. The van der Waals surface area contributed by atoms with Crippen molar-refractivity contribution < 1.29 is 0 Å². The van der Waals surface area contributed by atoms with Crippen LogP contribution >= 0.6 is 0 Å². The van der Waals surface area contributed by atoms with Crippen molar-refractivity contribution in [2.75, 3.05) is 0 Å². The molecule has 8 fully saturated rings. The molecule has 0 aromatic heterocycles. The van der Waals surface area contributed by atoms with Gasteiger partial charge in [-0.25, -0.2) is 0 Å². The third-order valence-corrected chi connectivity index (χ3v) is 14.4. The Kier molecular flexibility index (Phi) is 5.85. The van der Waals surface area contributed by atoms with Crippen LogP contribution in [0.3, 0.4) is 0 Å². The van der Waals surface area contributed by atoms with Crippen molar-refractivity contribution in [1.82, 2.24) is 0 Å². The average molecular weight is 535 g/mol.